The number of ether oxygens (including phenoxy) is 1. The molecule has 0 atom stereocenters. The van der Waals surface area contributed by atoms with Gasteiger partial charge in [-0.2, -0.15) is 0 Å². The molecule has 3 heterocycles. The number of halogens is 1. The first-order valence-corrected chi connectivity index (χ1v) is 10.6. The molecule has 0 N–H and O–H groups in total. The molecule has 0 spiro atoms. The van der Waals surface area contributed by atoms with Crippen LogP contribution in [0.1, 0.15) is 17.0 Å². The summed E-state index contributed by atoms with van der Waals surface area (Å²) in [5, 5.41) is 0.557. The fourth-order valence-corrected chi connectivity index (χ4v) is 5.11. The molecule has 5 nitrogen and oxygen atoms in total. The van der Waals surface area contributed by atoms with Crippen LogP contribution in [-0.4, -0.2) is 21.1 Å². The van der Waals surface area contributed by atoms with Crippen molar-refractivity contribution < 1.29 is 4.74 Å². The number of methoxy groups -OCH3 is 1. The second-order valence-electron chi connectivity index (χ2n) is 7.12. The molecule has 0 saturated heterocycles. The minimum Gasteiger partial charge on any atom is -0.495 e. The van der Waals surface area contributed by atoms with Crippen molar-refractivity contribution >= 4 is 45.0 Å². The lowest BCUT2D eigenvalue weighted by atomic mass is 10.2. The highest BCUT2D eigenvalue weighted by Gasteiger charge is 2.14. The van der Waals surface area contributed by atoms with Gasteiger partial charge >= 0.3 is 0 Å². The lowest BCUT2D eigenvalue weighted by Gasteiger charge is -2.11. The zero-order valence-electron chi connectivity index (χ0n) is 16.6. The molecule has 2 aromatic carbocycles. The van der Waals surface area contributed by atoms with E-state index in [1.165, 1.54) is 11.3 Å². The fourth-order valence-electron chi connectivity index (χ4n) is 3.88. The number of thiazole rings is 1. The Morgan fingerprint density at radius 3 is 2.70 bits per heavy atom. The maximum atomic E-state index is 13.1. The first-order valence-electron chi connectivity index (χ1n) is 9.42. The molecule has 0 amide bonds. The van der Waals surface area contributed by atoms with E-state index in [0.29, 0.717) is 20.3 Å². The summed E-state index contributed by atoms with van der Waals surface area (Å²) in [5.74, 6) is 0.639. The maximum Gasteiger partial charge on any atom is 0.274 e. The molecule has 0 aliphatic rings. The molecule has 0 saturated carbocycles. The van der Waals surface area contributed by atoms with E-state index in [1.54, 1.807) is 11.5 Å². The smallest absolute Gasteiger partial charge is 0.274 e. The highest BCUT2D eigenvalue weighted by molar-refractivity contribution is 7.15. The second kappa shape index (κ2) is 7.00. The molecule has 0 bridgehead atoms. The normalized spacial score (nSPS) is 12.3. The third-order valence-electron chi connectivity index (χ3n) is 5.30. The molecule has 150 valence electrons. The minimum atomic E-state index is -0.0407. The van der Waals surface area contributed by atoms with Crippen molar-refractivity contribution in [2.75, 3.05) is 7.11 Å². The molecular formula is C23H18ClN3O2S. The Labute approximate surface area is 181 Å². The van der Waals surface area contributed by atoms with E-state index in [1.807, 2.05) is 62.4 Å². The van der Waals surface area contributed by atoms with Gasteiger partial charge in [0.15, 0.2) is 4.96 Å². The van der Waals surface area contributed by atoms with Gasteiger partial charge in [-0.25, -0.2) is 9.38 Å². The van der Waals surface area contributed by atoms with E-state index in [0.717, 1.165) is 33.7 Å². The molecule has 0 aliphatic carbocycles. The number of rotatable bonds is 3. The van der Waals surface area contributed by atoms with Gasteiger partial charge in [-0.15, -0.1) is 0 Å². The summed E-state index contributed by atoms with van der Waals surface area (Å²) in [4.78, 5) is 18.4. The van der Waals surface area contributed by atoms with Crippen LogP contribution in [0, 0.1) is 13.8 Å². The average Bonchev–Trinajstić information content (AvgIpc) is 3.33. The van der Waals surface area contributed by atoms with Crippen molar-refractivity contribution in [2.24, 2.45) is 0 Å². The van der Waals surface area contributed by atoms with Crippen LogP contribution in [0.4, 0.5) is 0 Å². The van der Waals surface area contributed by atoms with Gasteiger partial charge in [0.2, 0.25) is 0 Å². The summed E-state index contributed by atoms with van der Waals surface area (Å²) in [6, 6.07) is 15.5. The van der Waals surface area contributed by atoms with Gasteiger partial charge in [0.25, 0.3) is 5.56 Å². The van der Waals surface area contributed by atoms with Gasteiger partial charge in [-0.1, -0.05) is 35.1 Å². The van der Waals surface area contributed by atoms with E-state index < -0.39 is 0 Å². The van der Waals surface area contributed by atoms with Crippen LogP contribution in [0.15, 0.2) is 53.3 Å². The monoisotopic (exact) mass is 435 g/mol. The molecular weight excluding hydrogens is 418 g/mol. The SMILES string of the molecule is COc1ccc(-n2c(C)cc(/C=c3\sc4nc5ccccc5n4c3=O)c2C)cc1Cl. The largest absolute Gasteiger partial charge is 0.495 e. The van der Waals surface area contributed by atoms with Crippen molar-refractivity contribution in [2.45, 2.75) is 13.8 Å². The van der Waals surface area contributed by atoms with Crippen molar-refractivity contribution in [3.8, 4) is 11.4 Å². The summed E-state index contributed by atoms with van der Waals surface area (Å²) in [7, 11) is 1.60. The molecule has 5 aromatic rings. The molecule has 5 rings (SSSR count). The van der Waals surface area contributed by atoms with Crippen molar-refractivity contribution in [3.63, 3.8) is 0 Å². The lowest BCUT2D eigenvalue weighted by molar-refractivity contribution is 0.415. The van der Waals surface area contributed by atoms with Crippen LogP contribution in [0.2, 0.25) is 5.02 Å². The predicted octanol–water partition coefficient (Wildman–Crippen LogP) is 4.53. The van der Waals surface area contributed by atoms with Crippen LogP contribution >= 0.6 is 22.9 Å². The van der Waals surface area contributed by atoms with Gasteiger partial charge in [-0.05, 0) is 61.9 Å². The first kappa shape index (κ1) is 18.9. The van der Waals surface area contributed by atoms with E-state index >= 15 is 0 Å². The zero-order valence-corrected chi connectivity index (χ0v) is 18.2. The van der Waals surface area contributed by atoms with Gasteiger partial charge in [0, 0.05) is 17.1 Å². The fraction of sp³-hybridized carbons (Fsp3) is 0.130. The number of benzene rings is 2. The number of hydrogen-bond acceptors (Lipinski definition) is 4. The van der Waals surface area contributed by atoms with Crippen LogP contribution in [0.25, 0.3) is 27.8 Å². The molecule has 30 heavy (non-hydrogen) atoms. The third-order valence-corrected chi connectivity index (χ3v) is 6.56. The summed E-state index contributed by atoms with van der Waals surface area (Å²) in [6.45, 7) is 4.07. The third kappa shape index (κ3) is 2.83. The Bertz CT molecular complexity index is 1540. The number of aromatic nitrogens is 3. The maximum absolute atomic E-state index is 13.1. The van der Waals surface area contributed by atoms with Gasteiger partial charge in [-0.3, -0.25) is 4.79 Å². The second-order valence-corrected chi connectivity index (χ2v) is 8.53. The van der Waals surface area contributed by atoms with Crippen LogP contribution in [0.3, 0.4) is 0 Å². The number of aryl methyl sites for hydroxylation is 1. The number of nitrogens with zero attached hydrogens (tertiary/aromatic N) is 3. The quantitative estimate of drug-likeness (QED) is 0.418. The lowest BCUT2D eigenvalue weighted by Crippen LogP contribution is -2.22. The average molecular weight is 436 g/mol. The Morgan fingerprint density at radius 2 is 1.93 bits per heavy atom. The summed E-state index contributed by atoms with van der Waals surface area (Å²) < 4.78 is 9.73. The molecule has 0 fully saturated rings. The molecule has 0 aliphatic heterocycles. The number of imidazole rings is 1. The summed E-state index contributed by atoms with van der Waals surface area (Å²) >= 11 is 7.73. The zero-order chi connectivity index (χ0) is 21.0. The Morgan fingerprint density at radius 1 is 1.13 bits per heavy atom. The van der Waals surface area contributed by atoms with E-state index in [4.69, 9.17) is 16.3 Å². The number of para-hydroxylation sites is 2. The Balaban J connectivity index is 1.67. The standard InChI is InChI=1S/C23H18ClN3O2S/c1-13-10-15(14(2)26(13)16-8-9-20(29-3)17(24)12-16)11-21-22(28)27-19-7-5-4-6-18(19)25-23(27)30-21/h4-12H,1-3H3/b21-11-. The first-order chi connectivity index (χ1) is 14.5. The van der Waals surface area contributed by atoms with Crippen molar-refractivity contribution in [3.05, 3.63) is 85.4 Å². The Hall–Kier alpha value is -3.09. The van der Waals surface area contributed by atoms with E-state index in [-0.39, 0.29) is 5.56 Å². The van der Waals surface area contributed by atoms with Crippen LogP contribution in [-0.2, 0) is 0 Å². The van der Waals surface area contributed by atoms with E-state index in [9.17, 15) is 4.79 Å². The van der Waals surface area contributed by atoms with Gasteiger partial charge in [0.1, 0.15) is 5.75 Å². The highest BCUT2D eigenvalue weighted by Crippen LogP contribution is 2.29. The Kier molecular flexibility index (Phi) is 4.41. The van der Waals surface area contributed by atoms with Gasteiger partial charge < -0.3 is 9.30 Å². The highest BCUT2D eigenvalue weighted by atomic mass is 35.5. The van der Waals surface area contributed by atoms with Crippen molar-refractivity contribution in [1.82, 2.24) is 14.0 Å². The molecule has 0 unspecified atom stereocenters. The topological polar surface area (TPSA) is 48.5 Å². The predicted molar refractivity (Wildman–Crippen MR) is 122 cm³/mol. The van der Waals surface area contributed by atoms with Crippen LogP contribution < -0.4 is 14.8 Å². The molecule has 3 aromatic heterocycles. The molecule has 0 radical (unpaired) electrons. The molecule has 7 heteroatoms. The van der Waals surface area contributed by atoms with Crippen molar-refractivity contribution in [1.29, 1.82) is 0 Å². The van der Waals surface area contributed by atoms with E-state index in [2.05, 4.69) is 15.6 Å². The van der Waals surface area contributed by atoms with Gasteiger partial charge in [0.05, 0.1) is 27.7 Å². The minimum absolute atomic E-state index is 0.0407. The number of hydrogen-bond donors (Lipinski definition) is 0. The van der Waals surface area contributed by atoms with Crippen LogP contribution in [0.5, 0.6) is 5.75 Å². The number of fused-ring (bicyclic) bond motifs is 3. The summed E-state index contributed by atoms with van der Waals surface area (Å²) in [6.07, 6.45) is 1.94. The summed E-state index contributed by atoms with van der Waals surface area (Å²) in [5.41, 5.74) is 5.66.